The average molecular weight is 399 g/mol. The second kappa shape index (κ2) is 7.73. The van der Waals surface area contributed by atoms with E-state index in [0.717, 1.165) is 37.9 Å². The van der Waals surface area contributed by atoms with Gasteiger partial charge in [0, 0.05) is 34.1 Å². The summed E-state index contributed by atoms with van der Waals surface area (Å²) >= 11 is 0. The van der Waals surface area contributed by atoms with Crippen LogP contribution >= 0.6 is 0 Å². The zero-order valence-electron chi connectivity index (χ0n) is 17.7. The number of hydrogen-bond donors (Lipinski definition) is 0. The van der Waals surface area contributed by atoms with Crippen molar-refractivity contribution in [3.05, 3.63) is 41.2 Å². The van der Waals surface area contributed by atoms with Gasteiger partial charge in [-0.25, -0.2) is 9.59 Å². The van der Waals surface area contributed by atoms with Crippen molar-refractivity contribution >= 4 is 12.2 Å². The van der Waals surface area contributed by atoms with E-state index in [1.54, 1.807) is 28.2 Å². The minimum atomic E-state index is -0.351. The van der Waals surface area contributed by atoms with E-state index in [1.165, 1.54) is 20.9 Å². The van der Waals surface area contributed by atoms with Crippen LogP contribution in [0.1, 0.15) is 42.7 Å². The van der Waals surface area contributed by atoms with Crippen LogP contribution in [0.3, 0.4) is 0 Å². The SMILES string of the molecule is CN(C)C(=O)OC1=CC[C@H]2[C@@H]3CCc4cc(OC(=O)N(C)C)ccc4[C@H]3CC[C@H]12. The molecule has 4 rings (SSSR count). The molecule has 0 radical (unpaired) electrons. The highest BCUT2D eigenvalue weighted by Crippen LogP contribution is 2.55. The van der Waals surface area contributed by atoms with E-state index in [0.29, 0.717) is 29.4 Å². The van der Waals surface area contributed by atoms with Crippen molar-refractivity contribution in [2.75, 3.05) is 28.2 Å². The second-order valence-electron chi connectivity index (χ2n) is 8.88. The lowest BCUT2D eigenvalue weighted by Crippen LogP contribution is -2.36. The van der Waals surface area contributed by atoms with Gasteiger partial charge in [-0.15, -0.1) is 0 Å². The molecule has 1 aromatic rings. The van der Waals surface area contributed by atoms with E-state index in [4.69, 9.17) is 9.47 Å². The van der Waals surface area contributed by atoms with Crippen molar-refractivity contribution in [2.24, 2.45) is 17.8 Å². The highest BCUT2D eigenvalue weighted by molar-refractivity contribution is 5.70. The van der Waals surface area contributed by atoms with Gasteiger partial charge in [0.25, 0.3) is 0 Å². The number of allylic oxidation sites excluding steroid dienone is 2. The van der Waals surface area contributed by atoms with Crippen LogP contribution in [-0.4, -0.2) is 50.2 Å². The fourth-order valence-corrected chi connectivity index (χ4v) is 5.33. The van der Waals surface area contributed by atoms with Crippen LogP contribution < -0.4 is 4.74 Å². The highest BCUT2D eigenvalue weighted by Gasteiger charge is 2.46. The molecule has 1 saturated carbocycles. The third-order valence-electron chi connectivity index (χ3n) is 6.73. The van der Waals surface area contributed by atoms with Gasteiger partial charge in [0.2, 0.25) is 0 Å². The largest absolute Gasteiger partial charge is 0.415 e. The summed E-state index contributed by atoms with van der Waals surface area (Å²) in [7, 11) is 6.80. The Morgan fingerprint density at radius 2 is 1.59 bits per heavy atom. The van der Waals surface area contributed by atoms with Crippen LogP contribution in [0.15, 0.2) is 30.0 Å². The number of aryl methyl sites for hydroxylation is 1. The predicted octanol–water partition coefficient (Wildman–Crippen LogP) is 4.41. The monoisotopic (exact) mass is 398 g/mol. The van der Waals surface area contributed by atoms with Gasteiger partial charge < -0.3 is 19.3 Å². The average Bonchev–Trinajstić information content (AvgIpc) is 3.10. The molecule has 0 bridgehead atoms. The van der Waals surface area contributed by atoms with Gasteiger partial charge in [-0.05, 0) is 79.2 Å². The summed E-state index contributed by atoms with van der Waals surface area (Å²) in [5.41, 5.74) is 2.71. The summed E-state index contributed by atoms with van der Waals surface area (Å²) in [6.45, 7) is 0. The van der Waals surface area contributed by atoms with Gasteiger partial charge in [0.1, 0.15) is 11.5 Å². The number of hydrogen-bond acceptors (Lipinski definition) is 4. The number of fused-ring (bicyclic) bond motifs is 5. The first-order valence-corrected chi connectivity index (χ1v) is 10.5. The molecular weight excluding hydrogens is 368 g/mol. The molecule has 3 aliphatic rings. The first-order valence-electron chi connectivity index (χ1n) is 10.5. The summed E-state index contributed by atoms with van der Waals surface area (Å²) in [5, 5.41) is 0. The molecule has 0 aliphatic heterocycles. The minimum absolute atomic E-state index is 0.284. The van der Waals surface area contributed by atoms with Crippen LogP contribution in [0.5, 0.6) is 5.75 Å². The quantitative estimate of drug-likeness (QED) is 0.741. The maximum Gasteiger partial charge on any atom is 0.414 e. The van der Waals surface area contributed by atoms with Gasteiger partial charge in [0.05, 0.1) is 0 Å². The maximum absolute atomic E-state index is 12.0. The molecule has 1 fully saturated rings. The molecule has 6 nitrogen and oxygen atoms in total. The summed E-state index contributed by atoms with van der Waals surface area (Å²) in [6, 6.07) is 6.11. The molecule has 0 N–H and O–H groups in total. The maximum atomic E-state index is 12.0. The van der Waals surface area contributed by atoms with E-state index in [1.807, 2.05) is 12.1 Å². The number of amides is 2. The number of rotatable bonds is 2. The Hall–Kier alpha value is -2.50. The van der Waals surface area contributed by atoms with Crippen molar-refractivity contribution in [3.8, 4) is 5.75 Å². The van der Waals surface area contributed by atoms with E-state index >= 15 is 0 Å². The van der Waals surface area contributed by atoms with Gasteiger partial charge in [-0.2, -0.15) is 0 Å². The Morgan fingerprint density at radius 1 is 0.897 bits per heavy atom. The molecule has 29 heavy (non-hydrogen) atoms. The zero-order valence-corrected chi connectivity index (χ0v) is 17.7. The van der Waals surface area contributed by atoms with Crippen LogP contribution in [-0.2, 0) is 11.2 Å². The molecule has 2 amide bonds. The van der Waals surface area contributed by atoms with Crippen LogP contribution in [0.25, 0.3) is 0 Å². The Balaban J connectivity index is 1.48. The predicted molar refractivity (Wildman–Crippen MR) is 110 cm³/mol. The summed E-state index contributed by atoms with van der Waals surface area (Å²) in [6.07, 6.45) is 6.78. The summed E-state index contributed by atoms with van der Waals surface area (Å²) < 4.78 is 11.1. The smallest absolute Gasteiger partial charge is 0.414 e. The van der Waals surface area contributed by atoms with Crippen LogP contribution in [0.4, 0.5) is 9.59 Å². The summed E-state index contributed by atoms with van der Waals surface area (Å²) in [4.78, 5) is 26.8. The van der Waals surface area contributed by atoms with Gasteiger partial charge in [-0.1, -0.05) is 6.07 Å². The second-order valence-corrected chi connectivity index (χ2v) is 8.88. The molecular formula is C23H30N2O4. The molecule has 0 aromatic heterocycles. The van der Waals surface area contributed by atoms with Crippen molar-refractivity contribution in [1.82, 2.24) is 9.80 Å². The van der Waals surface area contributed by atoms with Gasteiger partial charge in [0.15, 0.2) is 0 Å². The lowest BCUT2D eigenvalue weighted by molar-refractivity contribution is 0.0973. The van der Waals surface area contributed by atoms with E-state index in [-0.39, 0.29) is 12.2 Å². The standard InChI is InChI=1S/C23H30N2O4/c1-24(2)22(26)28-15-6-8-16-14(13-15)5-7-18-17(16)9-10-20-19(18)11-12-21(20)29-23(27)25(3)4/h6,8,12-13,17-20H,5,7,9-11H2,1-4H3/t17-,18-,19+,20+/m1/s1. The van der Waals surface area contributed by atoms with E-state index in [2.05, 4.69) is 12.1 Å². The van der Waals surface area contributed by atoms with Crippen LogP contribution in [0, 0.1) is 17.8 Å². The van der Waals surface area contributed by atoms with Crippen LogP contribution in [0.2, 0.25) is 0 Å². The molecule has 0 unspecified atom stereocenters. The number of carbonyl (C=O) groups excluding carboxylic acids is 2. The van der Waals surface area contributed by atoms with Crippen molar-refractivity contribution in [2.45, 2.75) is 38.0 Å². The van der Waals surface area contributed by atoms with Crippen molar-refractivity contribution in [3.63, 3.8) is 0 Å². The first kappa shape index (κ1) is 19.8. The lowest BCUT2D eigenvalue weighted by Gasteiger charge is -2.44. The van der Waals surface area contributed by atoms with Gasteiger partial charge in [-0.3, -0.25) is 0 Å². The highest BCUT2D eigenvalue weighted by atomic mass is 16.6. The minimum Gasteiger partial charge on any atom is -0.415 e. The summed E-state index contributed by atoms with van der Waals surface area (Å²) in [5.74, 6) is 3.57. The molecule has 0 heterocycles. The fraction of sp³-hybridized carbons (Fsp3) is 0.565. The molecule has 156 valence electrons. The molecule has 3 aliphatic carbocycles. The van der Waals surface area contributed by atoms with E-state index < -0.39 is 0 Å². The van der Waals surface area contributed by atoms with Gasteiger partial charge >= 0.3 is 12.2 Å². The molecule has 0 spiro atoms. The Kier molecular flexibility index (Phi) is 5.28. The Labute approximate surface area is 172 Å². The third-order valence-corrected chi connectivity index (χ3v) is 6.73. The lowest BCUT2D eigenvalue weighted by atomic mass is 9.60. The molecule has 6 heteroatoms. The number of benzene rings is 1. The first-order chi connectivity index (χ1) is 13.8. The Morgan fingerprint density at radius 3 is 2.31 bits per heavy atom. The fourth-order valence-electron chi connectivity index (χ4n) is 5.33. The number of ether oxygens (including phenoxy) is 2. The number of nitrogens with zero attached hydrogens (tertiary/aromatic N) is 2. The van der Waals surface area contributed by atoms with Crippen molar-refractivity contribution < 1.29 is 19.1 Å². The normalized spacial score (nSPS) is 27.1. The van der Waals surface area contributed by atoms with Crippen molar-refractivity contribution in [1.29, 1.82) is 0 Å². The molecule has 1 aromatic carbocycles. The molecule has 4 atom stereocenters. The molecule has 0 saturated heterocycles. The zero-order chi connectivity index (χ0) is 20.7. The Bertz CT molecular complexity index is 845. The van der Waals surface area contributed by atoms with E-state index in [9.17, 15) is 9.59 Å². The topological polar surface area (TPSA) is 59.1 Å². The number of carbonyl (C=O) groups is 2. The third kappa shape index (κ3) is 3.72.